The van der Waals surface area contributed by atoms with E-state index in [9.17, 15) is 13.0 Å². The van der Waals surface area contributed by atoms with Crippen LogP contribution in [0.25, 0.3) is 11.3 Å². The molecule has 0 saturated carbocycles. The summed E-state index contributed by atoms with van der Waals surface area (Å²) >= 11 is 0. The number of aromatic nitrogens is 2. The number of nitrogens with zero attached hydrogens (tertiary/aromatic N) is 2. The third-order valence-corrected chi connectivity index (χ3v) is 4.96. The van der Waals surface area contributed by atoms with Crippen LogP contribution in [0.15, 0.2) is 24.3 Å². The van der Waals surface area contributed by atoms with Gasteiger partial charge in [0.05, 0.1) is 21.4 Å². The van der Waals surface area contributed by atoms with Crippen molar-refractivity contribution in [2.45, 2.75) is 38.5 Å². The molecule has 0 unspecified atom stereocenters. The van der Waals surface area contributed by atoms with E-state index in [2.05, 4.69) is 14.9 Å². The zero-order valence-electron chi connectivity index (χ0n) is 13.9. The van der Waals surface area contributed by atoms with Gasteiger partial charge in [0.25, 0.3) is 0 Å². The van der Waals surface area contributed by atoms with Gasteiger partial charge in [-0.1, -0.05) is 0 Å². The van der Waals surface area contributed by atoms with Gasteiger partial charge in [-0.25, -0.2) is 17.7 Å². The van der Waals surface area contributed by atoms with Gasteiger partial charge in [-0.3, -0.25) is 0 Å². The van der Waals surface area contributed by atoms with Gasteiger partial charge in [-0.15, -0.1) is 10.2 Å². The molecule has 0 radical (unpaired) electrons. The van der Waals surface area contributed by atoms with E-state index in [0.717, 1.165) is 6.07 Å². The van der Waals surface area contributed by atoms with Crippen molar-refractivity contribution in [3.63, 3.8) is 0 Å². The van der Waals surface area contributed by atoms with Gasteiger partial charge in [0, 0.05) is 23.2 Å². The standard InChI is InChI=1S/C16H20F2N4OS/c1-9(22-24(23)16(2,3)4)13-8-14(19)20-21-15(13)10-5-11(17)7-12(18)6-10/h5-9,22H,1-4H3,(H2,19,20)/t9-,24+/m0/s1. The summed E-state index contributed by atoms with van der Waals surface area (Å²) in [5.74, 6) is -1.26. The number of halogens is 2. The SMILES string of the molecule is C[C@H](N[S@](=O)C(C)(C)C)c1cc(N)nnc1-c1cc(F)cc(F)c1. The molecule has 2 atom stereocenters. The Morgan fingerprint density at radius 3 is 2.25 bits per heavy atom. The Hall–Kier alpha value is -1.93. The smallest absolute Gasteiger partial charge is 0.146 e. The maximum absolute atomic E-state index is 13.5. The van der Waals surface area contributed by atoms with Gasteiger partial charge in [0.15, 0.2) is 0 Å². The second-order valence-corrected chi connectivity index (χ2v) is 8.45. The first-order valence-corrected chi connectivity index (χ1v) is 8.50. The van der Waals surface area contributed by atoms with Gasteiger partial charge in [0.2, 0.25) is 0 Å². The quantitative estimate of drug-likeness (QED) is 0.884. The Morgan fingerprint density at radius 2 is 1.71 bits per heavy atom. The van der Waals surface area contributed by atoms with Gasteiger partial charge in [0.1, 0.15) is 17.5 Å². The predicted octanol–water partition coefficient (Wildman–Crippen LogP) is 3.12. The van der Waals surface area contributed by atoms with Crippen LogP contribution >= 0.6 is 0 Å². The molecule has 1 heterocycles. The van der Waals surface area contributed by atoms with Gasteiger partial charge in [-0.05, 0) is 45.9 Å². The highest BCUT2D eigenvalue weighted by molar-refractivity contribution is 7.84. The Bertz CT molecular complexity index is 757. The van der Waals surface area contributed by atoms with Crippen molar-refractivity contribution in [1.82, 2.24) is 14.9 Å². The van der Waals surface area contributed by atoms with Crippen molar-refractivity contribution in [3.05, 3.63) is 41.5 Å². The van der Waals surface area contributed by atoms with E-state index >= 15 is 0 Å². The van der Waals surface area contributed by atoms with E-state index in [1.807, 2.05) is 20.8 Å². The molecule has 5 nitrogen and oxygen atoms in total. The molecule has 0 amide bonds. The van der Waals surface area contributed by atoms with E-state index in [4.69, 9.17) is 5.73 Å². The third kappa shape index (κ3) is 4.33. The first-order valence-electron chi connectivity index (χ1n) is 7.35. The fraction of sp³-hybridized carbons (Fsp3) is 0.375. The highest BCUT2D eigenvalue weighted by Gasteiger charge is 2.24. The molecule has 0 fully saturated rings. The van der Waals surface area contributed by atoms with E-state index in [-0.39, 0.29) is 17.1 Å². The molecule has 0 spiro atoms. The summed E-state index contributed by atoms with van der Waals surface area (Å²) in [6.45, 7) is 7.29. The molecule has 8 heteroatoms. The molecule has 1 aromatic carbocycles. The maximum atomic E-state index is 13.5. The Labute approximate surface area is 142 Å². The number of hydrogen-bond acceptors (Lipinski definition) is 4. The topological polar surface area (TPSA) is 80.9 Å². The monoisotopic (exact) mass is 354 g/mol. The molecular weight excluding hydrogens is 334 g/mol. The summed E-state index contributed by atoms with van der Waals surface area (Å²) in [6.07, 6.45) is 0. The van der Waals surface area contributed by atoms with E-state index in [0.29, 0.717) is 5.56 Å². The Morgan fingerprint density at radius 1 is 1.12 bits per heavy atom. The average Bonchev–Trinajstić information content (AvgIpc) is 2.44. The molecule has 0 bridgehead atoms. The number of nitrogen functional groups attached to an aromatic ring is 1. The molecular formula is C16H20F2N4OS. The normalized spacial score (nSPS) is 14.4. The fourth-order valence-corrected chi connectivity index (χ4v) is 2.87. The lowest BCUT2D eigenvalue weighted by atomic mass is 10.0. The van der Waals surface area contributed by atoms with Crippen LogP contribution in [-0.2, 0) is 11.0 Å². The number of hydrogen-bond donors (Lipinski definition) is 2. The summed E-state index contributed by atoms with van der Waals surface area (Å²) in [5, 5.41) is 7.74. The van der Waals surface area contributed by atoms with Gasteiger partial charge in [-0.2, -0.15) is 0 Å². The molecule has 130 valence electrons. The highest BCUT2D eigenvalue weighted by Crippen LogP contribution is 2.29. The fourth-order valence-electron chi connectivity index (χ4n) is 2.07. The second-order valence-electron chi connectivity index (χ2n) is 6.45. The summed E-state index contributed by atoms with van der Waals surface area (Å²) in [5.41, 5.74) is 6.78. The molecule has 24 heavy (non-hydrogen) atoms. The molecule has 0 aliphatic carbocycles. The largest absolute Gasteiger partial charge is 0.382 e. The number of anilines is 1. The number of rotatable bonds is 4. The molecule has 0 aliphatic rings. The van der Waals surface area contributed by atoms with Crippen LogP contribution in [0.1, 0.15) is 39.3 Å². The van der Waals surface area contributed by atoms with Crippen LogP contribution in [0.5, 0.6) is 0 Å². The van der Waals surface area contributed by atoms with Crippen LogP contribution in [0.4, 0.5) is 14.6 Å². The first kappa shape index (κ1) is 18.4. The molecule has 0 aliphatic heterocycles. The van der Waals surface area contributed by atoms with Crippen molar-refractivity contribution < 1.29 is 13.0 Å². The van der Waals surface area contributed by atoms with Crippen molar-refractivity contribution in [2.24, 2.45) is 0 Å². The minimum Gasteiger partial charge on any atom is -0.382 e. The highest BCUT2D eigenvalue weighted by atomic mass is 32.2. The van der Waals surface area contributed by atoms with Gasteiger partial charge < -0.3 is 5.73 Å². The zero-order chi connectivity index (χ0) is 18.1. The predicted molar refractivity (Wildman–Crippen MR) is 91.2 cm³/mol. The van der Waals surface area contributed by atoms with Crippen LogP contribution in [0.2, 0.25) is 0 Å². The van der Waals surface area contributed by atoms with E-state index in [1.165, 1.54) is 12.1 Å². The van der Waals surface area contributed by atoms with Crippen molar-refractivity contribution >= 4 is 16.8 Å². The van der Waals surface area contributed by atoms with Crippen LogP contribution < -0.4 is 10.5 Å². The lowest BCUT2D eigenvalue weighted by molar-refractivity contribution is 0.583. The van der Waals surface area contributed by atoms with Crippen molar-refractivity contribution in [3.8, 4) is 11.3 Å². The number of nitrogens with one attached hydrogen (secondary N) is 1. The van der Waals surface area contributed by atoms with Crippen LogP contribution in [0, 0.1) is 11.6 Å². The molecule has 1 aromatic heterocycles. The van der Waals surface area contributed by atoms with E-state index < -0.39 is 33.4 Å². The number of benzene rings is 1. The summed E-state index contributed by atoms with van der Waals surface area (Å²) in [4.78, 5) is 0. The summed E-state index contributed by atoms with van der Waals surface area (Å²) in [6, 6.07) is 4.26. The molecule has 2 rings (SSSR count). The van der Waals surface area contributed by atoms with Gasteiger partial charge >= 0.3 is 0 Å². The average molecular weight is 354 g/mol. The summed E-state index contributed by atoms with van der Waals surface area (Å²) in [7, 11) is -1.34. The van der Waals surface area contributed by atoms with Crippen LogP contribution in [-0.4, -0.2) is 19.2 Å². The zero-order valence-corrected chi connectivity index (χ0v) is 14.7. The second kappa shape index (κ2) is 6.90. The molecule has 2 aromatic rings. The third-order valence-electron chi connectivity index (χ3n) is 3.28. The van der Waals surface area contributed by atoms with E-state index in [1.54, 1.807) is 13.0 Å². The lowest BCUT2D eigenvalue weighted by Crippen LogP contribution is -2.35. The summed E-state index contributed by atoms with van der Waals surface area (Å²) < 4.78 is 41.8. The Kier molecular flexibility index (Phi) is 5.29. The molecule has 0 saturated heterocycles. The minimum atomic E-state index is -1.34. The first-order chi connectivity index (χ1) is 11.1. The Balaban J connectivity index is 2.46. The molecule has 3 N–H and O–H groups in total. The number of nitrogens with two attached hydrogens (primary N) is 1. The van der Waals surface area contributed by atoms with Crippen LogP contribution in [0.3, 0.4) is 0 Å². The maximum Gasteiger partial charge on any atom is 0.146 e. The lowest BCUT2D eigenvalue weighted by Gasteiger charge is -2.23. The minimum absolute atomic E-state index is 0.167. The van der Waals surface area contributed by atoms with Crippen molar-refractivity contribution in [2.75, 3.05) is 5.73 Å². The van der Waals surface area contributed by atoms with Crippen molar-refractivity contribution in [1.29, 1.82) is 0 Å².